The van der Waals surface area contributed by atoms with Gasteiger partial charge >= 0.3 is 0 Å². The number of rotatable bonds is 5. The van der Waals surface area contributed by atoms with Crippen molar-refractivity contribution in [1.82, 2.24) is 9.97 Å². The molecule has 0 saturated heterocycles. The van der Waals surface area contributed by atoms with Crippen molar-refractivity contribution in [3.63, 3.8) is 0 Å². The van der Waals surface area contributed by atoms with Crippen LogP contribution in [0.2, 0.25) is 0 Å². The minimum absolute atomic E-state index is 0.00352. The third-order valence-corrected chi connectivity index (χ3v) is 9.37. The number of allylic oxidation sites excluding steroid dienone is 1. The Morgan fingerprint density at radius 2 is 1.64 bits per heavy atom. The summed E-state index contributed by atoms with van der Waals surface area (Å²) in [6.07, 6.45) is 4.03. The van der Waals surface area contributed by atoms with Gasteiger partial charge in [0.2, 0.25) is 10.0 Å². The molecular weight excluding hydrogens is 546 g/mol. The number of sulfonamides is 1. The van der Waals surface area contributed by atoms with E-state index in [4.69, 9.17) is 9.97 Å². The van der Waals surface area contributed by atoms with Crippen LogP contribution in [-0.2, 0) is 26.7 Å². The van der Waals surface area contributed by atoms with E-state index < -0.39 is 15.4 Å². The van der Waals surface area contributed by atoms with Gasteiger partial charge in [-0.2, -0.15) is 0 Å². The molecule has 3 aromatic carbocycles. The quantitative estimate of drug-likeness (QED) is 0.210. The predicted octanol–water partition coefficient (Wildman–Crippen LogP) is 6.39. The molecule has 0 unspecified atom stereocenters. The summed E-state index contributed by atoms with van der Waals surface area (Å²) in [4.78, 5) is 23.3. The predicted molar refractivity (Wildman–Crippen MR) is 165 cm³/mol. The minimum Gasteiger partial charge on any atom is -0.515 e. The van der Waals surface area contributed by atoms with Gasteiger partial charge in [0.1, 0.15) is 5.82 Å². The number of nitrogens with zero attached hydrogens (tertiary/aromatic N) is 2. The van der Waals surface area contributed by atoms with Gasteiger partial charge in [0.05, 0.1) is 23.9 Å². The van der Waals surface area contributed by atoms with Crippen LogP contribution in [0.15, 0.2) is 90.7 Å². The fraction of sp³-hybridized carbons (Fsp3) is 0.265. The maximum atomic E-state index is 13.2. The third kappa shape index (κ3) is 4.79. The Morgan fingerprint density at radius 3 is 2.36 bits per heavy atom. The van der Waals surface area contributed by atoms with Crippen molar-refractivity contribution >= 4 is 21.5 Å². The van der Waals surface area contributed by atoms with E-state index in [1.54, 1.807) is 6.07 Å². The summed E-state index contributed by atoms with van der Waals surface area (Å²) in [5, 5.41) is 10.1. The average Bonchev–Trinajstić information content (AvgIpc) is 2.98. The van der Waals surface area contributed by atoms with Crippen molar-refractivity contribution < 1.29 is 18.3 Å². The highest BCUT2D eigenvalue weighted by Gasteiger charge is 2.55. The summed E-state index contributed by atoms with van der Waals surface area (Å²) < 4.78 is 26.2. The van der Waals surface area contributed by atoms with E-state index in [0.717, 1.165) is 64.6 Å². The zero-order valence-electron chi connectivity index (χ0n) is 23.8. The van der Waals surface area contributed by atoms with E-state index in [9.17, 15) is 18.3 Å². The van der Waals surface area contributed by atoms with Gasteiger partial charge in [-0.05, 0) is 67.0 Å². The Morgan fingerprint density at radius 1 is 0.952 bits per heavy atom. The lowest BCUT2D eigenvalue weighted by atomic mass is 9.52. The van der Waals surface area contributed by atoms with Crippen molar-refractivity contribution in [2.24, 2.45) is 11.8 Å². The van der Waals surface area contributed by atoms with Crippen LogP contribution in [0.25, 0.3) is 22.4 Å². The SMILES string of the molecule is Cc1nc(-c2cccc(-c3cccc(NS(C)(=O)=O)c3)c2)c2c(n1)[C@@]1(c3ccccc3)CC(=CO)C(=O)[C@@H](C)[C@@H]1CC2. The van der Waals surface area contributed by atoms with Gasteiger partial charge in [0.25, 0.3) is 0 Å². The number of anilines is 1. The Bertz CT molecular complexity index is 1840. The van der Waals surface area contributed by atoms with E-state index >= 15 is 0 Å². The van der Waals surface area contributed by atoms with Crippen LogP contribution in [0.3, 0.4) is 0 Å². The lowest BCUT2D eigenvalue weighted by Crippen LogP contribution is -2.51. The van der Waals surface area contributed by atoms with Gasteiger partial charge in [0, 0.05) is 33.7 Å². The number of Topliss-reactive ketones (excluding diaryl/α,β-unsaturated/α-hetero) is 1. The fourth-order valence-electron chi connectivity index (χ4n) is 7.04. The summed E-state index contributed by atoms with van der Waals surface area (Å²) in [7, 11) is -3.40. The summed E-state index contributed by atoms with van der Waals surface area (Å²) in [5.41, 5.74) is 7.03. The average molecular weight is 580 g/mol. The molecule has 4 aromatic rings. The molecule has 1 heterocycles. The van der Waals surface area contributed by atoms with Gasteiger partial charge in [-0.1, -0.05) is 67.6 Å². The molecule has 2 aliphatic carbocycles. The van der Waals surface area contributed by atoms with Gasteiger partial charge < -0.3 is 5.11 Å². The molecule has 8 heteroatoms. The summed E-state index contributed by atoms with van der Waals surface area (Å²) in [6.45, 7) is 3.87. The van der Waals surface area contributed by atoms with Crippen LogP contribution in [0.4, 0.5) is 5.69 Å². The number of aromatic nitrogens is 2. The van der Waals surface area contributed by atoms with Crippen molar-refractivity contribution in [2.45, 2.75) is 38.5 Å². The van der Waals surface area contributed by atoms with Crippen molar-refractivity contribution in [2.75, 3.05) is 11.0 Å². The lowest BCUT2D eigenvalue weighted by molar-refractivity contribution is -0.123. The molecule has 1 saturated carbocycles. The molecule has 0 radical (unpaired) electrons. The van der Waals surface area contributed by atoms with E-state index in [2.05, 4.69) is 22.9 Å². The maximum Gasteiger partial charge on any atom is 0.229 e. The number of ketones is 1. The third-order valence-electron chi connectivity index (χ3n) is 8.76. The number of benzene rings is 3. The Kier molecular flexibility index (Phi) is 6.97. The van der Waals surface area contributed by atoms with Gasteiger partial charge in [-0.15, -0.1) is 0 Å². The second-order valence-electron chi connectivity index (χ2n) is 11.4. The summed E-state index contributed by atoms with van der Waals surface area (Å²) in [5.74, 6) is 0.412. The second kappa shape index (κ2) is 10.5. The number of aliphatic hydroxyl groups excluding tert-OH is 1. The zero-order valence-corrected chi connectivity index (χ0v) is 24.7. The molecule has 0 aliphatic heterocycles. The van der Waals surface area contributed by atoms with Crippen LogP contribution < -0.4 is 4.72 Å². The number of nitrogens with one attached hydrogen (secondary N) is 1. The van der Waals surface area contributed by atoms with Crippen molar-refractivity contribution in [3.8, 4) is 22.4 Å². The lowest BCUT2D eigenvalue weighted by Gasteiger charge is -2.51. The van der Waals surface area contributed by atoms with Crippen LogP contribution >= 0.6 is 0 Å². The molecule has 2 N–H and O–H groups in total. The molecule has 42 heavy (non-hydrogen) atoms. The highest BCUT2D eigenvalue weighted by Crippen LogP contribution is 2.56. The molecule has 0 spiro atoms. The maximum absolute atomic E-state index is 13.2. The molecule has 3 atom stereocenters. The zero-order chi connectivity index (χ0) is 29.6. The van der Waals surface area contributed by atoms with Crippen LogP contribution in [0.1, 0.15) is 42.4 Å². The Hall–Kier alpha value is -4.30. The molecule has 2 aliphatic rings. The van der Waals surface area contributed by atoms with Crippen LogP contribution in [0, 0.1) is 18.8 Å². The van der Waals surface area contributed by atoms with E-state index in [1.165, 1.54) is 0 Å². The fourth-order valence-corrected chi connectivity index (χ4v) is 7.59. The van der Waals surface area contributed by atoms with Gasteiger partial charge in [0.15, 0.2) is 5.78 Å². The first-order chi connectivity index (χ1) is 20.1. The summed E-state index contributed by atoms with van der Waals surface area (Å²) >= 11 is 0. The van der Waals surface area contributed by atoms with Crippen LogP contribution in [-0.4, -0.2) is 35.5 Å². The topological polar surface area (TPSA) is 109 Å². The number of aryl methyl sites for hydroxylation is 1. The molecule has 7 nitrogen and oxygen atoms in total. The van der Waals surface area contributed by atoms with Gasteiger partial charge in [-0.3, -0.25) is 9.52 Å². The molecule has 0 amide bonds. The molecule has 1 aromatic heterocycles. The normalized spacial score (nSPS) is 22.8. The molecular formula is C34H33N3O4S. The van der Waals surface area contributed by atoms with E-state index in [1.807, 2.05) is 68.4 Å². The molecule has 214 valence electrons. The number of hydrogen-bond acceptors (Lipinski definition) is 6. The van der Waals surface area contributed by atoms with Crippen molar-refractivity contribution in [3.05, 3.63) is 113 Å². The monoisotopic (exact) mass is 579 g/mol. The number of carbonyl (C=O) groups excluding carboxylic acids is 1. The first-order valence-electron chi connectivity index (χ1n) is 14.1. The first-order valence-corrected chi connectivity index (χ1v) is 16.0. The number of fused-ring (bicyclic) bond motifs is 3. The number of aliphatic hydroxyl groups is 1. The molecule has 0 bridgehead atoms. The second-order valence-corrected chi connectivity index (χ2v) is 13.2. The summed E-state index contributed by atoms with van der Waals surface area (Å²) in [6, 6.07) is 25.7. The number of hydrogen-bond donors (Lipinski definition) is 2. The molecule has 1 fully saturated rings. The van der Waals surface area contributed by atoms with Crippen molar-refractivity contribution in [1.29, 1.82) is 0 Å². The van der Waals surface area contributed by atoms with Crippen LogP contribution in [0.5, 0.6) is 0 Å². The largest absolute Gasteiger partial charge is 0.515 e. The standard InChI is InChI=1S/C34H33N3O4S/c1-21-30-16-15-29-31(25-11-7-9-23(17-25)24-10-8-14-28(18-24)37-42(3,40)41)35-22(2)36-33(29)34(30,19-26(20-38)32(21)39)27-12-5-4-6-13-27/h4-14,17-18,20-21,30,37-38H,15-16,19H2,1-3H3/t21-,30-,34+/m0/s1. The highest BCUT2D eigenvalue weighted by molar-refractivity contribution is 7.92. The Balaban J connectivity index is 1.53. The Labute approximate surface area is 246 Å². The highest BCUT2D eigenvalue weighted by atomic mass is 32.2. The minimum atomic E-state index is -3.40. The first kappa shape index (κ1) is 27.8. The molecule has 6 rings (SSSR count). The van der Waals surface area contributed by atoms with E-state index in [0.29, 0.717) is 23.5 Å². The van der Waals surface area contributed by atoms with E-state index in [-0.39, 0.29) is 17.6 Å². The van der Waals surface area contributed by atoms with Gasteiger partial charge in [-0.25, -0.2) is 18.4 Å². The number of carbonyl (C=O) groups is 1. The smallest absolute Gasteiger partial charge is 0.229 e.